The van der Waals surface area contributed by atoms with Crippen LogP contribution in [-0.4, -0.2) is 19.7 Å². The fraction of sp³-hybridized carbons (Fsp3) is 0.0909. The first-order valence-electron chi connectivity index (χ1n) is 4.84. The van der Waals surface area contributed by atoms with E-state index in [1.54, 1.807) is 17.8 Å². The molecule has 0 saturated carbocycles. The largest absolute Gasteiger partial charge is 0.283 e. The topological polar surface area (TPSA) is 60.7 Å². The highest BCUT2D eigenvalue weighted by molar-refractivity contribution is 5.81. The molecule has 0 atom stereocenters. The highest BCUT2D eigenvalue weighted by atomic mass is 16.1. The Hall–Kier alpha value is -2.30. The molecule has 78 valence electrons. The lowest BCUT2D eigenvalue weighted by molar-refractivity contribution is 0.788. The van der Waals surface area contributed by atoms with Gasteiger partial charge >= 0.3 is 0 Å². The lowest BCUT2D eigenvalue weighted by Crippen LogP contribution is -2.00. The van der Waals surface area contributed by atoms with Crippen molar-refractivity contribution in [3.05, 3.63) is 40.8 Å². The maximum atomic E-state index is 11.8. The molecular weight excluding hydrogens is 204 g/mol. The number of para-hydroxylation sites is 2. The van der Waals surface area contributed by atoms with Gasteiger partial charge in [0.25, 0.3) is 5.56 Å². The van der Waals surface area contributed by atoms with Crippen LogP contribution in [0.15, 0.2) is 35.3 Å². The molecule has 0 fully saturated rings. The van der Waals surface area contributed by atoms with Crippen LogP contribution in [0.5, 0.6) is 0 Å². The number of benzene rings is 1. The molecule has 5 nitrogen and oxygen atoms in total. The van der Waals surface area contributed by atoms with Gasteiger partial charge in [0.1, 0.15) is 5.39 Å². The smallest absolute Gasteiger partial charge is 0.267 e. The van der Waals surface area contributed by atoms with Gasteiger partial charge in [-0.05, 0) is 12.1 Å². The highest BCUT2D eigenvalue weighted by Gasteiger charge is 2.05. The van der Waals surface area contributed by atoms with E-state index >= 15 is 0 Å². The molecule has 0 saturated heterocycles. The molecule has 0 spiro atoms. The van der Waals surface area contributed by atoms with E-state index in [0.29, 0.717) is 22.1 Å². The molecule has 0 aliphatic heterocycles. The Labute approximate surface area is 90.4 Å². The second-order valence-corrected chi connectivity index (χ2v) is 3.52. The molecule has 2 heterocycles. The van der Waals surface area contributed by atoms with Crippen LogP contribution in [0.3, 0.4) is 0 Å². The molecule has 5 heteroatoms. The molecule has 0 N–H and O–H groups in total. The van der Waals surface area contributed by atoms with E-state index in [-0.39, 0.29) is 5.56 Å². The minimum Gasteiger partial charge on any atom is -0.267 e. The van der Waals surface area contributed by atoms with Crippen molar-refractivity contribution < 1.29 is 0 Å². The SMILES string of the molecule is Cn1ncc2c(=O)nc3ccccc3nc21. The molecule has 0 radical (unpaired) electrons. The molecule has 0 bridgehead atoms. The number of hydrogen-bond acceptors (Lipinski definition) is 4. The molecule has 3 rings (SSSR count). The summed E-state index contributed by atoms with van der Waals surface area (Å²) in [5, 5.41) is 4.45. The summed E-state index contributed by atoms with van der Waals surface area (Å²) in [4.78, 5) is 20.2. The zero-order valence-electron chi connectivity index (χ0n) is 8.58. The maximum absolute atomic E-state index is 11.8. The summed E-state index contributed by atoms with van der Waals surface area (Å²) >= 11 is 0. The third-order valence-electron chi connectivity index (χ3n) is 2.47. The Balaban J connectivity index is 2.67. The van der Waals surface area contributed by atoms with Crippen molar-refractivity contribution in [1.29, 1.82) is 0 Å². The van der Waals surface area contributed by atoms with E-state index in [1.165, 1.54) is 6.20 Å². The van der Waals surface area contributed by atoms with Gasteiger partial charge in [-0.25, -0.2) is 9.97 Å². The second kappa shape index (κ2) is 3.10. The number of rotatable bonds is 0. The number of hydrogen-bond donors (Lipinski definition) is 0. The minimum absolute atomic E-state index is 0.295. The normalized spacial score (nSPS) is 11.1. The minimum atomic E-state index is -0.295. The quantitative estimate of drug-likeness (QED) is 0.555. The van der Waals surface area contributed by atoms with Gasteiger partial charge in [0, 0.05) is 7.05 Å². The van der Waals surface area contributed by atoms with Gasteiger partial charge in [0.15, 0.2) is 5.65 Å². The predicted octanol–water partition coefficient (Wildman–Crippen LogP) is 0.877. The Kier molecular flexibility index (Phi) is 1.73. The number of nitrogens with zero attached hydrogens (tertiary/aromatic N) is 4. The summed E-state index contributed by atoms with van der Waals surface area (Å²) in [6.45, 7) is 0. The molecule has 2 aromatic heterocycles. The Morgan fingerprint density at radius 1 is 1.12 bits per heavy atom. The van der Waals surface area contributed by atoms with E-state index in [4.69, 9.17) is 0 Å². The fourth-order valence-corrected chi connectivity index (χ4v) is 1.65. The summed E-state index contributed by atoms with van der Waals surface area (Å²) in [5.74, 6) is 0. The summed E-state index contributed by atoms with van der Waals surface area (Å²) < 4.78 is 1.57. The second-order valence-electron chi connectivity index (χ2n) is 3.52. The maximum Gasteiger partial charge on any atom is 0.283 e. The van der Waals surface area contributed by atoms with Crippen LogP contribution in [0.2, 0.25) is 0 Å². The standard InChI is InChI=1S/C11H8N4O/c1-15-10-7(6-12-15)11(16)14-9-5-3-2-4-8(9)13-10/h2-6H,1H3. The van der Waals surface area contributed by atoms with Crippen molar-refractivity contribution in [3.8, 4) is 0 Å². The predicted molar refractivity (Wildman–Crippen MR) is 60.1 cm³/mol. The fourth-order valence-electron chi connectivity index (χ4n) is 1.65. The molecule has 0 unspecified atom stereocenters. The average Bonchev–Trinajstić information content (AvgIpc) is 2.57. The molecule has 1 aromatic carbocycles. The lowest BCUT2D eigenvalue weighted by atomic mass is 10.3. The molecule has 0 aliphatic carbocycles. The van der Waals surface area contributed by atoms with Crippen molar-refractivity contribution in [1.82, 2.24) is 19.7 Å². The van der Waals surface area contributed by atoms with Gasteiger partial charge in [-0.15, -0.1) is 0 Å². The van der Waals surface area contributed by atoms with Crippen molar-refractivity contribution in [2.24, 2.45) is 7.05 Å². The number of aryl methyl sites for hydroxylation is 1. The van der Waals surface area contributed by atoms with Crippen LogP contribution in [0, 0.1) is 0 Å². The van der Waals surface area contributed by atoms with E-state index < -0.39 is 0 Å². The van der Waals surface area contributed by atoms with Crippen LogP contribution in [0.1, 0.15) is 0 Å². The zero-order valence-corrected chi connectivity index (χ0v) is 8.58. The van der Waals surface area contributed by atoms with Crippen molar-refractivity contribution in [2.45, 2.75) is 0 Å². The number of fused-ring (bicyclic) bond motifs is 2. The summed E-state index contributed by atoms with van der Waals surface area (Å²) in [7, 11) is 1.75. The van der Waals surface area contributed by atoms with Crippen LogP contribution < -0.4 is 5.56 Å². The Morgan fingerprint density at radius 2 is 1.81 bits per heavy atom. The van der Waals surface area contributed by atoms with Gasteiger partial charge < -0.3 is 0 Å². The molecule has 16 heavy (non-hydrogen) atoms. The van der Waals surface area contributed by atoms with Crippen LogP contribution >= 0.6 is 0 Å². The third-order valence-corrected chi connectivity index (χ3v) is 2.47. The van der Waals surface area contributed by atoms with E-state index in [9.17, 15) is 4.79 Å². The number of aromatic nitrogens is 4. The molecule has 0 amide bonds. The first-order valence-corrected chi connectivity index (χ1v) is 4.84. The first kappa shape index (κ1) is 8.96. The summed E-state index contributed by atoms with van der Waals surface area (Å²) in [6, 6.07) is 7.30. The monoisotopic (exact) mass is 212 g/mol. The van der Waals surface area contributed by atoms with Gasteiger partial charge in [-0.2, -0.15) is 5.10 Å². The molecule has 3 aromatic rings. The van der Waals surface area contributed by atoms with Crippen molar-refractivity contribution in [2.75, 3.05) is 0 Å². The zero-order chi connectivity index (χ0) is 11.1. The van der Waals surface area contributed by atoms with Crippen LogP contribution in [0.4, 0.5) is 0 Å². The summed E-state index contributed by atoms with van der Waals surface area (Å²) in [6.07, 6.45) is 1.50. The van der Waals surface area contributed by atoms with Gasteiger partial charge in [0.2, 0.25) is 0 Å². The lowest BCUT2D eigenvalue weighted by Gasteiger charge is -1.89. The third kappa shape index (κ3) is 1.18. The Morgan fingerprint density at radius 3 is 2.56 bits per heavy atom. The first-order chi connectivity index (χ1) is 7.75. The van der Waals surface area contributed by atoms with E-state index in [1.807, 2.05) is 18.2 Å². The van der Waals surface area contributed by atoms with Gasteiger partial charge in [-0.1, -0.05) is 12.1 Å². The van der Waals surface area contributed by atoms with E-state index in [2.05, 4.69) is 15.1 Å². The van der Waals surface area contributed by atoms with Gasteiger partial charge in [0.05, 0.1) is 17.2 Å². The highest BCUT2D eigenvalue weighted by Crippen LogP contribution is 2.09. The van der Waals surface area contributed by atoms with E-state index in [0.717, 1.165) is 0 Å². The van der Waals surface area contributed by atoms with Crippen molar-refractivity contribution >= 4 is 22.1 Å². The Bertz CT molecular complexity index is 748. The summed E-state index contributed by atoms with van der Waals surface area (Å²) in [5.41, 5.74) is 1.55. The molecular formula is C11H8N4O. The van der Waals surface area contributed by atoms with Crippen molar-refractivity contribution in [3.63, 3.8) is 0 Å². The molecule has 0 aliphatic rings. The average molecular weight is 212 g/mol. The van der Waals surface area contributed by atoms with Gasteiger partial charge in [-0.3, -0.25) is 9.48 Å². The van der Waals surface area contributed by atoms with Crippen LogP contribution in [0.25, 0.3) is 22.1 Å². The van der Waals surface area contributed by atoms with Crippen LogP contribution in [-0.2, 0) is 7.05 Å².